The molecule has 8 heteroatoms. The van der Waals surface area contributed by atoms with Gasteiger partial charge in [0, 0.05) is 40.0 Å². The fraction of sp³-hybridized carbons (Fsp3) is 0.0625. The first-order valence-electron chi connectivity index (χ1n) is 6.66. The summed E-state index contributed by atoms with van der Waals surface area (Å²) in [5, 5.41) is 0.597. The summed E-state index contributed by atoms with van der Waals surface area (Å²) in [7, 11) is 3.21. The van der Waals surface area contributed by atoms with E-state index < -0.39 is 0 Å². The summed E-state index contributed by atoms with van der Waals surface area (Å²) in [4.78, 5) is 6.18. The summed E-state index contributed by atoms with van der Waals surface area (Å²) < 4.78 is 6.76. The van der Waals surface area contributed by atoms with E-state index in [1.165, 1.54) is 0 Å². The van der Waals surface area contributed by atoms with Crippen molar-refractivity contribution in [3.63, 3.8) is 0 Å². The average molecular weight is 478 g/mol. The van der Waals surface area contributed by atoms with Crippen molar-refractivity contribution in [2.75, 3.05) is 6.26 Å². The molecule has 0 aliphatic carbocycles. The number of benzene rings is 2. The molecule has 3 aromatic rings. The zero-order valence-corrected chi connectivity index (χ0v) is 17.9. The Hall–Kier alpha value is -0.410. The van der Waals surface area contributed by atoms with Crippen molar-refractivity contribution in [1.82, 2.24) is 0 Å². The summed E-state index contributed by atoms with van der Waals surface area (Å²) in [5.41, 5.74) is 3.06. The van der Waals surface area contributed by atoms with Crippen molar-refractivity contribution >= 4 is 72.5 Å². The van der Waals surface area contributed by atoms with Crippen LogP contribution in [-0.4, -0.2) is 6.26 Å². The lowest BCUT2D eigenvalue weighted by Crippen LogP contribution is -1.89. The van der Waals surface area contributed by atoms with Crippen LogP contribution in [0.1, 0.15) is 0 Å². The van der Waals surface area contributed by atoms with E-state index in [0.717, 1.165) is 41.9 Å². The predicted octanol–water partition coefficient (Wildman–Crippen LogP) is 7.88. The summed E-state index contributed by atoms with van der Waals surface area (Å²) in [6, 6.07) is 13.6. The van der Waals surface area contributed by atoms with Gasteiger partial charge in [-0.1, -0.05) is 72.6 Å². The third-order valence-electron chi connectivity index (χ3n) is 3.15. The third kappa shape index (κ3) is 4.04. The van der Waals surface area contributed by atoms with E-state index in [1.807, 2.05) is 24.3 Å². The van der Waals surface area contributed by atoms with Gasteiger partial charge in [0.25, 0.3) is 0 Å². The van der Waals surface area contributed by atoms with Gasteiger partial charge in [0.2, 0.25) is 0 Å². The summed E-state index contributed by atoms with van der Waals surface area (Å²) in [5.74, 6) is 0.558. The Morgan fingerprint density at radius 1 is 1.12 bits per heavy atom. The second-order valence-corrected chi connectivity index (χ2v) is 9.23. The molecule has 0 N–H and O–H groups in total. The van der Waals surface area contributed by atoms with Crippen molar-refractivity contribution in [1.29, 1.82) is 0 Å². The molecule has 2 aromatic carbocycles. The van der Waals surface area contributed by atoms with E-state index in [9.17, 15) is 0 Å². The van der Waals surface area contributed by atoms with Crippen LogP contribution in [0.3, 0.4) is 0 Å². The lowest BCUT2D eigenvalue weighted by molar-refractivity contribution is -0.0770. The molecular formula is C16H10BrClO2S4. The molecule has 0 bridgehead atoms. The SMILES string of the molecule is CSOOc1ccc(-c2ssc(=S)c2-c2ccc(Br)cc2)c(Cl)c1. The highest BCUT2D eigenvalue weighted by molar-refractivity contribution is 9.10. The van der Waals surface area contributed by atoms with Gasteiger partial charge in [0.05, 0.1) is 9.90 Å². The van der Waals surface area contributed by atoms with Gasteiger partial charge in [-0.05, 0) is 29.8 Å². The average Bonchev–Trinajstić information content (AvgIpc) is 2.95. The van der Waals surface area contributed by atoms with Gasteiger partial charge in [0.1, 0.15) is 3.82 Å². The molecule has 0 saturated heterocycles. The van der Waals surface area contributed by atoms with Crippen LogP contribution in [0.15, 0.2) is 46.9 Å². The second-order valence-electron chi connectivity index (χ2n) is 4.62. The highest BCUT2D eigenvalue weighted by Crippen LogP contribution is 2.44. The van der Waals surface area contributed by atoms with E-state index in [4.69, 9.17) is 33.0 Å². The number of hydrogen-bond acceptors (Lipinski definition) is 6. The van der Waals surface area contributed by atoms with Crippen LogP contribution in [0.5, 0.6) is 5.75 Å². The van der Waals surface area contributed by atoms with Crippen LogP contribution >= 0.6 is 72.5 Å². The van der Waals surface area contributed by atoms with E-state index in [2.05, 4.69) is 28.1 Å². The molecule has 2 nitrogen and oxygen atoms in total. The zero-order chi connectivity index (χ0) is 17.1. The normalized spacial score (nSPS) is 10.8. The van der Waals surface area contributed by atoms with E-state index in [1.54, 1.807) is 33.0 Å². The Morgan fingerprint density at radius 2 is 1.88 bits per heavy atom. The number of halogens is 2. The summed E-state index contributed by atoms with van der Waals surface area (Å²) in [6.45, 7) is 0. The Bertz CT molecular complexity index is 905. The number of hydrogen-bond donors (Lipinski definition) is 0. The molecule has 0 aliphatic rings. The lowest BCUT2D eigenvalue weighted by Gasteiger charge is -2.08. The largest absolute Gasteiger partial charge is 0.325 e. The first kappa shape index (κ1) is 18.4. The fourth-order valence-corrected chi connectivity index (χ4v) is 5.77. The Balaban J connectivity index is 2.05. The summed E-state index contributed by atoms with van der Waals surface area (Å²) >= 11 is 16.6. The van der Waals surface area contributed by atoms with E-state index >= 15 is 0 Å². The van der Waals surface area contributed by atoms with Crippen molar-refractivity contribution in [2.24, 2.45) is 0 Å². The molecular weight excluding hydrogens is 468 g/mol. The Labute approximate surface area is 170 Å². The van der Waals surface area contributed by atoms with Crippen molar-refractivity contribution in [3.8, 4) is 27.3 Å². The molecule has 124 valence electrons. The fourth-order valence-electron chi connectivity index (χ4n) is 2.11. The molecule has 0 atom stereocenters. The van der Waals surface area contributed by atoms with Crippen LogP contribution in [0, 0.1) is 3.82 Å². The van der Waals surface area contributed by atoms with Crippen molar-refractivity contribution < 1.29 is 9.22 Å². The van der Waals surface area contributed by atoms with Gasteiger partial charge in [-0.2, -0.15) is 0 Å². The predicted molar refractivity (Wildman–Crippen MR) is 112 cm³/mol. The molecule has 0 aliphatic heterocycles. The van der Waals surface area contributed by atoms with Gasteiger partial charge >= 0.3 is 0 Å². The van der Waals surface area contributed by atoms with Crippen molar-refractivity contribution in [3.05, 3.63) is 55.8 Å². The van der Waals surface area contributed by atoms with Crippen LogP contribution in [0.4, 0.5) is 0 Å². The monoisotopic (exact) mass is 476 g/mol. The number of rotatable bonds is 5. The van der Waals surface area contributed by atoms with Gasteiger partial charge in [-0.25, -0.2) is 0 Å². The van der Waals surface area contributed by atoms with Gasteiger partial charge in [0.15, 0.2) is 5.75 Å². The maximum absolute atomic E-state index is 6.46. The zero-order valence-electron chi connectivity index (χ0n) is 12.2. The van der Waals surface area contributed by atoms with Crippen LogP contribution < -0.4 is 4.89 Å². The van der Waals surface area contributed by atoms with Gasteiger partial charge in [-0.3, -0.25) is 0 Å². The molecule has 0 saturated carbocycles. The molecule has 3 rings (SSSR count). The highest BCUT2D eigenvalue weighted by atomic mass is 79.9. The molecule has 24 heavy (non-hydrogen) atoms. The standard InChI is InChI=1S/C16H10BrClO2S4/c1-22-20-19-11-6-7-12(13(18)8-11)15-14(16(21)24-23-15)9-2-4-10(17)5-3-9/h2-8H,1H3. The minimum absolute atomic E-state index is 0.558. The van der Waals surface area contributed by atoms with Crippen LogP contribution in [0.2, 0.25) is 5.02 Å². The second kappa shape index (κ2) is 8.31. The molecule has 0 amide bonds. The van der Waals surface area contributed by atoms with E-state index in [0.29, 0.717) is 10.8 Å². The maximum Gasteiger partial charge on any atom is 0.168 e. The molecule has 0 fully saturated rings. The molecule has 1 aromatic heterocycles. The smallest absolute Gasteiger partial charge is 0.168 e. The first-order chi connectivity index (χ1) is 11.6. The molecule has 1 heterocycles. The minimum atomic E-state index is 0.558. The first-order valence-corrected chi connectivity index (χ1v) is 11.5. The van der Waals surface area contributed by atoms with Gasteiger partial charge < -0.3 is 4.89 Å². The molecule has 0 radical (unpaired) electrons. The van der Waals surface area contributed by atoms with Crippen LogP contribution in [0.25, 0.3) is 21.6 Å². The minimum Gasteiger partial charge on any atom is -0.325 e. The maximum atomic E-state index is 6.46. The third-order valence-corrected chi connectivity index (χ3v) is 7.24. The quantitative estimate of drug-likeness (QED) is 0.122. The van der Waals surface area contributed by atoms with Crippen LogP contribution in [-0.2, 0) is 4.33 Å². The lowest BCUT2D eigenvalue weighted by atomic mass is 10.0. The van der Waals surface area contributed by atoms with Gasteiger partial charge in [-0.15, -0.1) is 4.33 Å². The van der Waals surface area contributed by atoms with Crippen molar-refractivity contribution in [2.45, 2.75) is 0 Å². The molecule has 0 unspecified atom stereocenters. The molecule has 0 spiro atoms. The summed E-state index contributed by atoms with van der Waals surface area (Å²) in [6.07, 6.45) is 1.78. The Morgan fingerprint density at radius 3 is 2.54 bits per heavy atom. The topological polar surface area (TPSA) is 18.5 Å². The van der Waals surface area contributed by atoms with E-state index in [-0.39, 0.29) is 0 Å². The highest BCUT2D eigenvalue weighted by Gasteiger charge is 2.16. The Kier molecular flexibility index (Phi) is 6.37.